The Morgan fingerprint density at radius 1 is 1.11 bits per heavy atom. The first-order chi connectivity index (χ1) is 13.1. The molecule has 0 fully saturated rings. The maximum atomic E-state index is 6.45. The summed E-state index contributed by atoms with van der Waals surface area (Å²) >= 11 is 20.4. The van der Waals surface area contributed by atoms with Gasteiger partial charge in [-0.1, -0.05) is 60.4 Å². The Morgan fingerprint density at radius 2 is 1.96 bits per heavy atom. The van der Waals surface area contributed by atoms with E-state index in [1.165, 1.54) is 0 Å². The van der Waals surface area contributed by atoms with Crippen LogP contribution in [0.25, 0.3) is 10.1 Å². The summed E-state index contributed by atoms with van der Waals surface area (Å²) in [5, 5.41) is 5.20. The number of rotatable bonds is 6. The van der Waals surface area contributed by atoms with Gasteiger partial charge in [0.2, 0.25) is 0 Å². The van der Waals surface area contributed by atoms with Gasteiger partial charge >= 0.3 is 0 Å². The highest BCUT2D eigenvalue weighted by molar-refractivity contribution is 7.18. The van der Waals surface area contributed by atoms with Gasteiger partial charge in [0.05, 0.1) is 22.5 Å². The summed E-state index contributed by atoms with van der Waals surface area (Å²) in [6.45, 7) is 1.16. The van der Waals surface area contributed by atoms with Crippen molar-refractivity contribution in [3.05, 3.63) is 80.4 Å². The van der Waals surface area contributed by atoms with Crippen LogP contribution in [0, 0.1) is 0 Å². The molecule has 1 aromatic heterocycles. The van der Waals surface area contributed by atoms with E-state index in [1.54, 1.807) is 23.6 Å². The van der Waals surface area contributed by atoms with Gasteiger partial charge in [-0.3, -0.25) is 4.90 Å². The zero-order valence-corrected chi connectivity index (χ0v) is 17.2. The van der Waals surface area contributed by atoms with E-state index in [4.69, 9.17) is 39.5 Å². The third-order valence-electron chi connectivity index (χ3n) is 4.42. The number of hydrogen-bond donors (Lipinski definition) is 1. The molecular weight excluding hydrogens is 435 g/mol. The molecule has 3 nitrogen and oxygen atoms in total. The van der Waals surface area contributed by atoms with Crippen LogP contribution >= 0.6 is 46.1 Å². The molecule has 0 saturated carbocycles. The quantitative estimate of drug-likeness (QED) is 0.475. The zero-order valence-electron chi connectivity index (χ0n) is 14.2. The average Bonchev–Trinajstić information content (AvgIpc) is 3.29. The standard InChI is InChI=1S/C20H15Cl3N2OS.CH4/c21-14-4-5-16(18(23)8-14)19(9-25-7-6-24-12-25)26-10-13-11-27-20-15(13)2-1-3-17(20)22;/h1-8,11-12,19H,9-10H2;1H4/p+1. The molecule has 0 radical (unpaired) electrons. The number of aliphatic imine (C=N–C) groups is 1. The lowest BCUT2D eigenvalue weighted by Crippen LogP contribution is -3.06. The van der Waals surface area contributed by atoms with Gasteiger partial charge in [0, 0.05) is 15.6 Å². The summed E-state index contributed by atoms with van der Waals surface area (Å²) in [5.74, 6) is 0. The number of ether oxygens (including phenoxy) is 1. The van der Waals surface area contributed by atoms with Crippen molar-refractivity contribution in [2.24, 2.45) is 4.99 Å². The molecule has 146 valence electrons. The van der Waals surface area contributed by atoms with E-state index in [2.05, 4.69) is 16.4 Å². The molecule has 1 N–H and O–H groups in total. The predicted octanol–water partition coefficient (Wildman–Crippen LogP) is 6.15. The third-order valence-corrected chi connectivity index (χ3v) is 6.48. The van der Waals surface area contributed by atoms with Crippen molar-refractivity contribution in [1.82, 2.24) is 0 Å². The summed E-state index contributed by atoms with van der Waals surface area (Å²) in [7, 11) is 0. The van der Waals surface area contributed by atoms with Crippen molar-refractivity contribution in [3.8, 4) is 0 Å². The Hall–Kier alpha value is -1.40. The topological polar surface area (TPSA) is 26.0 Å². The molecule has 0 spiro atoms. The molecule has 2 unspecified atom stereocenters. The van der Waals surface area contributed by atoms with Crippen LogP contribution in [0.15, 0.2) is 59.2 Å². The van der Waals surface area contributed by atoms with E-state index in [9.17, 15) is 0 Å². The highest BCUT2D eigenvalue weighted by atomic mass is 35.5. The monoisotopic (exact) mass is 453 g/mol. The number of nitrogens with zero attached hydrogens (tertiary/aromatic N) is 1. The van der Waals surface area contributed by atoms with Crippen molar-refractivity contribution in [2.75, 3.05) is 6.54 Å². The number of fused-ring (bicyclic) bond motifs is 1. The Kier molecular flexibility index (Phi) is 7.15. The minimum absolute atomic E-state index is 0. The highest BCUT2D eigenvalue weighted by Gasteiger charge is 2.22. The number of benzene rings is 2. The van der Waals surface area contributed by atoms with Crippen LogP contribution in [-0.2, 0) is 11.3 Å². The van der Waals surface area contributed by atoms with Crippen LogP contribution < -0.4 is 4.90 Å². The van der Waals surface area contributed by atoms with Gasteiger partial charge in [0.1, 0.15) is 18.8 Å². The fourth-order valence-electron chi connectivity index (χ4n) is 3.05. The summed E-state index contributed by atoms with van der Waals surface area (Å²) in [6.07, 6.45) is 5.41. The summed E-state index contributed by atoms with van der Waals surface area (Å²) in [6, 6.07) is 11.4. The van der Waals surface area contributed by atoms with E-state index in [0.29, 0.717) is 23.2 Å². The Bertz CT molecular complexity index is 1020. The van der Waals surface area contributed by atoms with E-state index in [-0.39, 0.29) is 13.5 Å². The Labute approximate surface area is 183 Å². The van der Waals surface area contributed by atoms with Crippen molar-refractivity contribution in [1.29, 1.82) is 0 Å². The smallest absolute Gasteiger partial charge is 0.193 e. The van der Waals surface area contributed by atoms with Crippen LogP contribution in [0.5, 0.6) is 0 Å². The van der Waals surface area contributed by atoms with Gasteiger partial charge in [0.15, 0.2) is 6.34 Å². The number of halogens is 3. The first kappa shape index (κ1) is 21.3. The van der Waals surface area contributed by atoms with E-state index < -0.39 is 0 Å². The molecule has 2 aromatic carbocycles. The molecule has 7 heteroatoms. The lowest BCUT2D eigenvalue weighted by Gasteiger charge is -2.20. The van der Waals surface area contributed by atoms with E-state index in [0.717, 1.165) is 31.1 Å². The molecule has 0 saturated heterocycles. The Balaban J connectivity index is 0.00000225. The Morgan fingerprint density at radius 3 is 2.71 bits per heavy atom. The zero-order chi connectivity index (χ0) is 18.8. The normalized spacial score (nSPS) is 16.5. The predicted molar refractivity (Wildman–Crippen MR) is 121 cm³/mol. The van der Waals surface area contributed by atoms with Crippen LogP contribution in [0.4, 0.5) is 0 Å². The lowest BCUT2D eigenvalue weighted by atomic mass is 10.1. The molecule has 28 heavy (non-hydrogen) atoms. The van der Waals surface area contributed by atoms with E-state index >= 15 is 0 Å². The molecular formula is C21H20Cl3N2OS+. The number of nitrogens with one attached hydrogen (secondary N) is 1. The lowest BCUT2D eigenvalue weighted by molar-refractivity contribution is -0.742. The molecule has 1 aliphatic heterocycles. The van der Waals surface area contributed by atoms with Crippen molar-refractivity contribution in [2.45, 2.75) is 20.1 Å². The summed E-state index contributed by atoms with van der Waals surface area (Å²) in [5.41, 5.74) is 2.04. The van der Waals surface area contributed by atoms with Crippen LogP contribution in [0.1, 0.15) is 24.7 Å². The minimum Gasteiger partial charge on any atom is -0.363 e. The number of quaternary nitrogens is 1. The minimum atomic E-state index is -0.201. The second-order valence-corrected chi connectivity index (χ2v) is 8.35. The van der Waals surface area contributed by atoms with Gasteiger partial charge in [-0.2, -0.15) is 0 Å². The maximum Gasteiger partial charge on any atom is 0.193 e. The number of thiophene rings is 1. The molecule has 0 aliphatic carbocycles. The van der Waals surface area contributed by atoms with Crippen molar-refractivity contribution >= 4 is 62.6 Å². The molecule has 0 amide bonds. The summed E-state index contributed by atoms with van der Waals surface area (Å²) in [4.78, 5) is 5.24. The molecule has 0 bridgehead atoms. The summed E-state index contributed by atoms with van der Waals surface area (Å²) < 4.78 is 7.41. The van der Waals surface area contributed by atoms with Gasteiger partial charge in [-0.15, -0.1) is 11.3 Å². The first-order valence-electron chi connectivity index (χ1n) is 8.38. The van der Waals surface area contributed by atoms with Crippen molar-refractivity contribution in [3.63, 3.8) is 0 Å². The second kappa shape index (κ2) is 9.40. The second-order valence-electron chi connectivity index (χ2n) is 6.22. The van der Waals surface area contributed by atoms with Gasteiger partial charge in [-0.05, 0) is 34.5 Å². The molecule has 1 aliphatic rings. The fraction of sp³-hybridized carbons (Fsp3) is 0.190. The highest BCUT2D eigenvalue weighted by Crippen LogP contribution is 2.34. The van der Waals surface area contributed by atoms with Gasteiger partial charge in [0.25, 0.3) is 0 Å². The molecule has 2 heterocycles. The molecule has 2 atom stereocenters. The molecule has 4 rings (SSSR count). The SMILES string of the molecule is C.Clc1ccc(C(C[NH+]2C=CN=C2)OCc2csc3c(Cl)cccc23)c(Cl)c1. The van der Waals surface area contributed by atoms with Crippen LogP contribution in [0.3, 0.4) is 0 Å². The fourth-order valence-corrected chi connectivity index (χ4v) is 4.85. The average molecular weight is 455 g/mol. The van der Waals surface area contributed by atoms with Gasteiger partial charge < -0.3 is 4.74 Å². The van der Waals surface area contributed by atoms with Crippen LogP contribution in [0.2, 0.25) is 15.1 Å². The van der Waals surface area contributed by atoms with Crippen molar-refractivity contribution < 1.29 is 9.64 Å². The number of hydrogen-bond acceptors (Lipinski definition) is 3. The van der Waals surface area contributed by atoms with E-state index in [1.807, 2.05) is 36.8 Å². The third kappa shape index (κ3) is 4.60. The largest absolute Gasteiger partial charge is 0.363 e. The maximum absolute atomic E-state index is 6.45. The van der Waals surface area contributed by atoms with Crippen LogP contribution in [-0.4, -0.2) is 12.9 Å². The first-order valence-corrected chi connectivity index (χ1v) is 10.4. The molecule has 3 aromatic rings. The van der Waals surface area contributed by atoms with Gasteiger partial charge in [-0.25, -0.2) is 4.99 Å².